The van der Waals surface area contributed by atoms with Gasteiger partial charge in [-0.1, -0.05) is 54.5 Å². The third-order valence-electron chi connectivity index (χ3n) is 5.03. The Kier molecular flexibility index (Phi) is 13.9. The topological polar surface area (TPSA) is 159 Å². The standard InChI is InChI=1S/C29H45NO11/c1-10-18(2)38-27(34)39-19(3)15-35-24(31)21(30)13-20-11-12-22(40-25(32)36-16-28(4,5)6)23(14-20)41-26(33)37-17-29(7,8)9/h11-12,14,18-19,21H,10,13,15-17,30H2,1-9H3/t18?,19-,21-/m0/s1. The van der Waals surface area contributed by atoms with Crippen LogP contribution in [0, 0.1) is 10.8 Å². The van der Waals surface area contributed by atoms with E-state index in [2.05, 4.69) is 0 Å². The summed E-state index contributed by atoms with van der Waals surface area (Å²) in [6.07, 6.45) is -3.27. The van der Waals surface area contributed by atoms with Crippen molar-refractivity contribution in [2.45, 2.75) is 93.4 Å². The maximum Gasteiger partial charge on any atom is 0.513 e. The van der Waals surface area contributed by atoms with E-state index in [0.29, 0.717) is 12.0 Å². The lowest BCUT2D eigenvalue weighted by atomic mass is 9.99. The molecule has 0 aliphatic carbocycles. The molecule has 2 N–H and O–H groups in total. The predicted molar refractivity (Wildman–Crippen MR) is 149 cm³/mol. The van der Waals surface area contributed by atoms with Gasteiger partial charge in [0.05, 0.1) is 13.2 Å². The van der Waals surface area contributed by atoms with Crippen LogP contribution in [-0.2, 0) is 34.9 Å². The zero-order chi connectivity index (χ0) is 31.4. The summed E-state index contributed by atoms with van der Waals surface area (Å²) in [5, 5.41) is 0. The van der Waals surface area contributed by atoms with Gasteiger partial charge in [0.25, 0.3) is 0 Å². The summed E-state index contributed by atoms with van der Waals surface area (Å²) in [6, 6.07) is 3.23. The second-order valence-corrected chi connectivity index (χ2v) is 12.1. The van der Waals surface area contributed by atoms with Crippen LogP contribution < -0.4 is 15.2 Å². The molecule has 1 rings (SSSR count). The lowest BCUT2D eigenvalue weighted by Gasteiger charge is -2.19. The molecular formula is C29H45NO11. The number of carbonyl (C=O) groups is 4. The van der Waals surface area contributed by atoms with Gasteiger partial charge in [-0.3, -0.25) is 4.79 Å². The zero-order valence-electron chi connectivity index (χ0n) is 25.6. The summed E-state index contributed by atoms with van der Waals surface area (Å²) in [4.78, 5) is 48.7. The Bertz CT molecular complexity index is 1030. The van der Waals surface area contributed by atoms with E-state index in [9.17, 15) is 19.2 Å². The van der Waals surface area contributed by atoms with Crippen LogP contribution in [0.1, 0.15) is 74.3 Å². The van der Waals surface area contributed by atoms with Gasteiger partial charge in [0.2, 0.25) is 0 Å². The van der Waals surface area contributed by atoms with Crippen LogP contribution in [0.15, 0.2) is 18.2 Å². The molecule has 0 saturated heterocycles. The van der Waals surface area contributed by atoms with Crippen molar-refractivity contribution < 1.29 is 52.3 Å². The van der Waals surface area contributed by atoms with Crippen molar-refractivity contribution >= 4 is 24.4 Å². The highest BCUT2D eigenvalue weighted by Crippen LogP contribution is 2.30. The van der Waals surface area contributed by atoms with E-state index in [-0.39, 0.29) is 54.7 Å². The molecule has 3 atom stereocenters. The molecule has 41 heavy (non-hydrogen) atoms. The number of carbonyl (C=O) groups excluding carboxylic acids is 4. The van der Waals surface area contributed by atoms with Gasteiger partial charge in [-0.25, -0.2) is 14.4 Å². The number of nitrogens with two attached hydrogens (primary N) is 1. The number of ether oxygens (including phenoxy) is 7. The molecule has 1 aromatic carbocycles. The molecule has 1 aromatic rings. The molecule has 0 aliphatic rings. The molecule has 0 bridgehead atoms. The smallest absolute Gasteiger partial charge is 0.461 e. The van der Waals surface area contributed by atoms with Crippen molar-refractivity contribution in [2.75, 3.05) is 19.8 Å². The Hall–Kier alpha value is -3.54. The fourth-order valence-corrected chi connectivity index (χ4v) is 2.75. The molecular weight excluding hydrogens is 538 g/mol. The fraction of sp³-hybridized carbons (Fsp3) is 0.655. The third kappa shape index (κ3) is 15.7. The summed E-state index contributed by atoms with van der Waals surface area (Å²) in [7, 11) is 0. The van der Waals surface area contributed by atoms with Crippen LogP contribution in [0.2, 0.25) is 0 Å². The van der Waals surface area contributed by atoms with E-state index in [1.807, 2.05) is 48.5 Å². The molecule has 12 nitrogen and oxygen atoms in total. The van der Waals surface area contributed by atoms with Gasteiger partial charge in [-0.15, -0.1) is 0 Å². The van der Waals surface area contributed by atoms with Crippen LogP contribution in [-0.4, -0.2) is 62.5 Å². The van der Waals surface area contributed by atoms with Crippen LogP contribution >= 0.6 is 0 Å². The van der Waals surface area contributed by atoms with E-state index >= 15 is 0 Å². The Balaban J connectivity index is 2.89. The van der Waals surface area contributed by atoms with E-state index in [4.69, 9.17) is 38.9 Å². The van der Waals surface area contributed by atoms with Gasteiger partial charge < -0.3 is 38.9 Å². The first-order valence-electron chi connectivity index (χ1n) is 13.5. The van der Waals surface area contributed by atoms with E-state index < -0.39 is 36.6 Å². The molecule has 0 spiro atoms. The average Bonchev–Trinajstić information content (AvgIpc) is 2.85. The molecule has 1 unspecified atom stereocenters. The summed E-state index contributed by atoms with van der Waals surface area (Å²) in [5.74, 6) is -0.961. The molecule has 0 amide bonds. The van der Waals surface area contributed by atoms with E-state index in [1.165, 1.54) is 12.1 Å². The molecule has 0 saturated carbocycles. The number of esters is 1. The number of benzene rings is 1. The first-order valence-corrected chi connectivity index (χ1v) is 13.5. The monoisotopic (exact) mass is 583 g/mol. The largest absolute Gasteiger partial charge is 0.513 e. The molecule has 0 fully saturated rings. The molecule has 0 aliphatic heterocycles. The van der Waals surface area contributed by atoms with Crippen molar-refractivity contribution in [3.8, 4) is 11.5 Å². The molecule has 12 heteroatoms. The second-order valence-electron chi connectivity index (χ2n) is 12.1. The highest BCUT2D eigenvalue weighted by Gasteiger charge is 2.23. The third-order valence-corrected chi connectivity index (χ3v) is 5.03. The van der Waals surface area contributed by atoms with Crippen molar-refractivity contribution in [3.05, 3.63) is 23.8 Å². The summed E-state index contributed by atoms with van der Waals surface area (Å²) >= 11 is 0. The van der Waals surface area contributed by atoms with Gasteiger partial charge in [0.1, 0.15) is 24.9 Å². The van der Waals surface area contributed by atoms with Gasteiger partial charge in [0.15, 0.2) is 11.5 Å². The minimum Gasteiger partial charge on any atom is -0.461 e. The maximum absolute atomic E-state index is 12.5. The van der Waals surface area contributed by atoms with Gasteiger partial charge in [-0.2, -0.15) is 0 Å². The van der Waals surface area contributed by atoms with Crippen LogP contribution in [0.5, 0.6) is 11.5 Å². The predicted octanol–water partition coefficient (Wildman–Crippen LogP) is 5.56. The highest BCUT2D eigenvalue weighted by atomic mass is 16.8. The maximum atomic E-state index is 12.5. The quantitative estimate of drug-likeness (QED) is 0.186. The average molecular weight is 584 g/mol. The second kappa shape index (κ2) is 16.0. The Labute approximate surface area is 242 Å². The number of rotatable bonds is 12. The molecule has 0 heterocycles. The van der Waals surface area contributed by atoms with Gasteiger partial charge >= 0.3 is 24.4 Å². The summed E-state index contributed by atoms with van der Waals surface area (Å²) < 4.78 is 36.1. The lowest BCUT2D eigenvalue weighted by molar-refractivity contribution is -0.148. The highest BCUT2D eigenvalue weighted by molar-refractivity contribution is 5.76. The summed E-state index contributed by atoms with van der Waals surface area (Å²) in [5.41, 5.74) is 5.91. The van der Waals surface area contributed by atoms with Gasteiger partial charge in [-0.05, 0) is 55.2 Å². The van der Waals surface area contributed by atoms with Crippen LogP contribution in [0.4, 0.5) is 14.4 Å². The van der Waals surface area contributed by atoms with Crippen molar-refractivity contribution in [1.29, 1.82) is 0 Å². The van der Waals surface area contributed by atoms with Crippen LogP contribution in [0.25, 0.3) is 0 Å². The normalized spacial score (nSPS) is 13.7. The lowest BCUT2D eigenvalue weighted by Crippen LogP contribution is -2.36. The Morgan fingerprint density at radius 2 is 1.27 bits per heavy atom. The SMILES string of the molecule is CCC(C)OC(=O)O[C@@H](C)COC(=O)[C@@H](N)Cc1ccc(OC(=O)OCC(C)(C)C)c(OC(=O)OCC(C)(C)C)c1. The number of hydrogen-bond acceptors (Lipinski definition) is 12. The minimum absolute atomic E-state index is 0.00766. The first-order chi connectivity index (χ1) is 18.9. The van der Waals surface area contributed by atoms with Crippen LogP contribution in [0.3, 0.4) is 0 Å². The Morgan fingerprint density at radius 1 is 0.756 bits per heavy atom. The summed E-state index contributed by atoms with van der Waals surface area (Å²) in [6.45, 7) is 16.4. The number of hydrogen-bond donors (Lipinski definition) is 1. The fourth-order valence-electron chi connectivity index (χ4n) is 2.75. The minimum atomic E-state index is -1.10. The van der Waals surface area contributed by atoms with Crippen molar-refractivity contribution in [3.63, 3.8) is 0 Å². The van der Waals surface area contributed by atoms with E-state index in [0.717, 1.165) is 0 Å². The van der Waals surface area contributed by atoms with Gasteiger partial charge in [0, 0.05) is 0 Å². The Morgan fingerprint density at radius 3 is 1.78 bits per heavy atom. The van der Waals surface area contributed by atoms with Crippen molar-refractivity contribution in [2.24, 2.45) is 16.6 Å². The van der Waals surface area contributed by atoms with Crippen molar-refractivity contribution in [1.82, 2.24) is 0 Å². The zero-order valence-corrected chi connectivity index (χ0v) is 25.6. The molecule has 232 valence electrons. The molecule has 0 radical (unpaired) electrons. The first kappa shape index (κ1) is 35.5. The molecule has 0 aromatic heterocycles. The van der Waals surface area contributed by atoms with E-state index in [1.54, 1.807) is 19.9 Å².